The van der Waals surface area contributed by atoms with Gasteiger partial charge in [-0.05, 0) is 36.6 Å². The van der Waals surface area contributed by atoms with Gasteiger partial charge < -0.3 is 15.1 Å². The Morgan fingerprint density at radius 2 is 2.14 bits per heavy atom. The van der Waals surface area contributed by atoms with Crippen LogP contribution in [0.3, 0.4) is 0 Å². The largest absolute Gasteiger partial charge is 0.364 e. The average Bonchev–Trinajstić information content (AvgIpc) is 3.46. The molecule has 0 aliphatic carbocycles. The van der Waals surface area contributed by atoms with Crippen molar-refractivity contribution in [3.8, 4) is 0 Å². The Hall–Kier alpha value is -2.76. The predicted octanol–water partition coefficient (Wildman–Crippen LogP) is 2.75. The van der Waals surface area contributed by atoms with Crippen LogP contribution in [-0.4, -0.2) is 53.4 Å². The molecular formula is C22H30N6. The lowest BCUT2D eigenvalue weighted by Crippen LogP contribution is -2.40. The highest BCUT2D eigenvalue weighted by atomic mass is 15.3. The zero-order valence-corrected chi connectivity index (χ0v) is 16.9. The quantitative estimate of drug-likeness (QED) is 0.494. The fraction of sp³-hybridized carbons (Fsp3) is 0.455. The molecule has 148 valence electrons. The van der Waals surface area contributed by atoms with Gasteiger partial charge in [-0.2, -0.15) is 5.10 Å². The van der Waals surface area contributed by atoms with Crippen LogP contribution in [0, 0.1) is 0 Å². The molecule has 1 unspecified atom stereocenters. The Bertz CT molecular complexity index is 844. The Morgan fingerprint density at radius 1 is 1.29 bits per heavy atom. The van der Waals surface area contributed by atoms with E-state index in [0.717, 1.165) is 45.1 Å². The second-order valence-electron chi connectivity index (χ2n) is 7.60. The Balaban J connectivity index is 1.43. The van der Waals surface area contributed by atoms with Crippen molar-refractivity contribution in [3.05, 3.63) is 59.9 Å². The number of rotatable bonds is 5. The van der Waals surface area contributed by atoms with Crippen molar-refractivity contribution in [3.63, 3.8) is 0 Å². The summed E-state index contributed by atoms with van der Waals surface area (Å²) < 4.78 is 1.89. The first-order valence-electron chi connectivity index (χ1n) is 10.2. The van der Waals surface area contributed by atoms with Gasteiger partial charge in [0.2, 0.25) is 0 Å². The predicted molar refractivity (Wildman–Crippen MR) is 115 cm³/mol. The first kappa shape index (κ1) is 18.6. The molecule has 2 aliphatic heterocycles. The number of hydrogen-bond acceptors (Lipinski definition) is 3. The molecule has 3 heterocycles. The molecule has 6 heteroatoms. The van der Waals surface area contributed by atoms with Crippen molar-refractivity contribution in [2.45, 2.75) is 25.8 Å². The third-order valence-electron chi connectivity index (χ3n) is 5.52. The van der Waals surface area contributed by atoms with Crippen molar-refractivity contribution >= 4 is 11.6 Å². The van der Waals surface area contributed by atoms with Crippen LogP contribution in [0.5, 0.6) is 0 Å². The number of likely N-dealkylation sites (tertiary alicyclic amines) is 1. The first-order chi connectivity index (χ1) is 13.7. The zero-order valence-electron chi connectivity index (χ0n) is 16.9. The third kappa shape index (κ3) is 4.21. The normalized spacial score (nSPS) is 19.6. The number of aliphatic imine (C=N–C) groups is 1. The van der Waals surface area contributed by atoms with Crippen LogP contribution in [0.2, 0.25) is 0 Å². The molecule has 0 amide bonds. The van der Waals surface area contributed by atoms with E-state index in [1.807, 2.05) is 17.9 Å². The summed E-state index contributed by atoms with van der Waals surface area (Å²) in [4.78, 5) is 9.70. The lowest BCUT2D eigenvalue weighted by atomic mass is 10.0. The standard InChI is InChI=1S/C22H30N6/c1-3-23-22(28-12-9-19(17-28)20-15-25-26(2)16-20)24-14-18-7-6-8-21(13-18)27-10-4-5-11-27/h4-8,13,15-16,19H,3,9-12,14,17H2,1-2H3,(H,23,24). The maximum absolute atomic E-state index is 4.94. The van der Waals surface area contributed by atoms with Gasteiger partial charge >= 0.3 is 0 Å². The number of aryl methyl sites for hydroxylation is 1. The van der Waals surface area contributed by atoms with E-state index in [1.54, 1.807) is 0 Å². The molecule has 1 atom stereocenters. The lowest BCUT2D eigenvalue weighted by Gasteiger charge is -2.22. The molecule has 1 aromatic heterocycles. The van der Waals surface area contributed by atoms with Gasteiger partial charge in [0.1, 0.15) is 0 Å². The van der Waals surface area contributed by atoms with E-state index in [0.29, 0.717) is 12.5 Å². The molecule has 4 rings (SSSR count). The number of benzene rings is 1. The summed E-state index contributed by atoms with van der Waals surface area (Å²) in [6.45, 7) is 7.74. The molecule has 2 aromatic rings. The van der Waals surface area contributed by atoms with Crippen LogP contribution >= 0.6 is 0 Å². The third-order valence-corrected chi connectivity index (χ3v) is 5.52. The van der Waals surface area contributed by atoms with Crippen LogP contribution in [0.15, 0.2) is 53.8 Å². The summed E-state index contributed by atoms with van der Waals surface area (Å²) >= 11 is 0. The van der Waals surface area contributed by atoms with E-state index in [2.05, 4.69) is 69.8 Å². The van der Waals surface area contributed by atoms with Gasteiger partial charge in [0.15, 0.2) is 5.96 Å². The van der Waals surface area contributed by atoms with E-state index in [9.17, 15) is 0 Å². The minimum Gasteiger partial charge on any atom is -0.364 e. The molecule has 1 saturated heterocycles. The summed E-state index contributed by atoms with van der Waals surface area (Å²) in [5.74, 6) is 1.55. The van der Waals surface area contributed by atoms with E-state index in [-0.39, 0.29) is 0 Å². The van der Waals surface area contributed by atoms with Crippen LogP contribution in [0.1, 0.15) is 30.4 Å². The van der Waals surface area contributed by atoms with Crippen molar-refractivity contribution in [2.75, 3.05) is 37.6 Å². The van der Waals surface area contributed by atoms with E-state index in [4.69, 9.17) is 4.99 Å². The number of guanidine groups is 1. The number of anilines is 1. The number of hydrogen-bond donors (Lipinski definition) is 1. The van der Waals surface area contributed by atoms with E-state index >= 15 is 0 Å². The van der Waals surface area contributed by atoms with Gasteiger partial charge in [0.05, 0.1) is 12.7 Å². The zero-order chi connectivity index (χ0) is 19.3. The van der Waals surface area contributed by atoms with Crippen molar-refractivity contribution < 1.29 is 0 Å². The Labute approximate surface area is 167 Å². The second kappa shape index (κ2) is 8.50. The maximum Gasteiger partial charge on any atom is 0.194 e. The minimum absolute atomic E-state index is 0.531. The van der Waals surface area contributed by atoms with E-state index < -0.39 is 0 Å². The summed E-state index contributed by atoms with van der Waals surface area (Å²) in [6.07, 6.45) is 9.72. The molecular weight excluding hydrogens is 348 g/mol. The highest BCUT2D eigenvalue weighted by molar-refractivity contribution is 5.80. The van der Waals surface area contributed by atoms with Crippen molar-refractivity contribution in [1.29, 1.82) is 0 Å². The summed E-state index contributed by atoms with van der Waals surface area (Å²) in [5.41, 5.74) is 3.86. The molecule has 2 aliphatic rings. The van der Waals surface area contributed by atoms with Gasteiger partial charge in [-0.3, -0.25) is 4.68 Å². The molecule has 0 spiro atoms. The Morgan fingerprint density at radius 3 is 2.89 bits per heavy atom. The van der Waals surface area contributed by atoms with Crippen LogP contribution < -0.4 is 10.2 Å². The van der Waals surface area contributed by atoms with Gasteiger partial charge in [0, 0.05) is 57.6 Å². The van der Waals surface area contributed by atoms with Gasteiger partial charge in [-0.1, -0.05) is 24.3 Å². The minimum atomic E-state index is 0.531. The van der Waals surface area contributed by atoms with Crippen molar-refractivity contribution in [1.82, 2.24) is 20.0 Å². The topological polar surface area (TPSA) is 48.7 Å². The monoisotopic (exact) mass is 378 g/mol. The van der Waals surface area contributed by atoms with Gasteiger partial charge in [-0.25, -0.2) is 4.99 Å². The Kier molecular flexibility index (Phi) is 5.65. The highest BCUT2D eigenvalue weighted by Gasteiger charge is 2.26. The summed E-state index contributed by atoms with van der Waals surface area (Å²) in [7, 11) is 1.98. The summed E-state index contributed by atoms with van der Waals surface area (Å²) in [5, 5.41) is 7.80. The van der Waals surface area contributed by atoms with Gasteiger partial charge in [0.25, 0.3) is 0 Å². The maximum atomic E-state index is 4.94. The molecule has 1 fully saturated rings. The van der Waals surface area contributed by atoms with Crippen LogP contribution in [0.4, 0.5) is 5.69 Å². The number of nitrogens with one attached hydrogen (secondary N) is 1. The van der Waals surface area contributed by atoms with Crippen LogP contribution in [0.25, 0.3) is 0 Å². The van der Waals surface area contributed by atoms with E-state index in [1.165, 1.54) is 16.8 Å². The first-order valence-corrected chi connectivity index (χ1v) is 10.2. The molecule has 28 heavy (non-hydrogen) atoms. The molecule has 1 aromatic carbocycles. The molecule has 1 N–H and O–H groups in total. The molecule has 6 nitrogen and oxygen atoms in total. The van der Waals surface area contributed by atoms with Crippen LogP contribution in [-0.2, 0) is 13.6 Å². The molecule has 0 radical (unpaired) electrons. The number of aromatic nitrogens is 2. The SMILES string of the molecule is CCNC(=NCc1cccc(N2CC=CC2)c1)N1CCC(c2cnn(C)c2)C1. The fourth-order valence-electron chi connectivity index (χ4n) is 4.01. The highest BCUT2D eigenvalue weighted by Crippen LogP contribution is 2.27. The lowest BCUT2D eigenvalue weighted by molar-refractivity contribution is 0.486. The number of nitrogens with zero attached hydrogens (tertiary/aromatic N) is 5. The fourth-order valence-corrected chi connectivity index (χ4v) is 4.01. The van der Waals surface area contributed by atoms with Gasteiger partial charge in [-0.15, -0.1) is 0 Å². The van der Waals surface area contributed by atoms with Crippen molar-refractivity contribution in [2.24, 2.45) is 12.0 Å². The molecule has 0 bridgehead atoms. The smallest absolute Gasteiger partial charge is 0.194 e. The molecule has 0 saturated carbocycles. The average molecular weight is 379 g/mol. The second-order valence-corrected chi connectivity index (χ2v) is 7.60. The summed E-state index contributed by atoms with van der Waals surface area (Å²) in [6, 6.07) is 8.76.